The van der Waals surface area contributed by atoms with Gasteiger partial charge < -0.3 is 0 Å². The number of hydrogen-bond donors (Lipinski definition) is 0. The summed E-state index contributed by atoms with van der Waals surface area (Å²) in [5.74, 6) is 0. The molecule has 3 heteroatoms. The molecule has 32 valence electrons. The highest BCUT2D eigenvalue weighted by Gasteiger charge is 1.51. The molecule has 0 N–H and O–H groups in total. The second-order valence-electron chi connectivity index (χ2n) is 0.553. The van der Waals surface area contributed by atoms with Crippen molar-refractivity contribution in [3.63, 3.8) is 0 Å². The van der Waals surface area contributed by atoms with Crippen LogP contribution in [0.2, 0.25) is 0 Å². The standard InChI is InChI=1S/C3H4N2O/c1-4-2-5-3-6/h2-3H,1H2. The first-order valence-corrected chi connectivity index (χ1v) is 1.33. The number of rotatable bonds is 2. The fraction of sp³-hybridized carbons (Fsp3) is 0. The third-order valence-corrected chi connectivity index (χ3v) is 0.209. The Hall–Kier alpha value is -0.990. The smallest absolute Gasteiger partial charge is 0.234 e. The molecule has 0 spiro atoms. The van der Waals surface area contributed by atoms with Crippen LogP contribution in [0.1, 0.15) is 0 Å². The van der Waals surface area contributed by atoms with Crippen molar-refractivity contribution in [3.8, 4) is 0 Å². The van der Waals surface area contributed by atoms with E-state index in [1.807, 2.05) is 0 Å². The van der Waals surface area contributed by atoms with E-state index >= 15 is 0 Å². The Bertz CT molecular complexity index is 66.9. The fourth-order valence-corrected chi connectivity index (χ4v) is 0.0744. The molecule has 0 aromatic carbocycles. The minimum absolute atomic E-state index is 0.397. The molecule has 0 unspecified atom stereocenters. The van der Waals surface area contributed by atoms with Crippen molar-refractivity contribution < 1.29 is 4.79 Å². The van der Waals surface area contributed by atoms with Gasteiger partial charge in [0, 0.05) is 0 Å². The van der Waals surface area contributed by atoms with E-state index in [0.717, 1.165) is 6.34 Å². The van der Waals surface area contributed by atoms with Crippen molar-refractivity contribution in [2.45, 2.75) is 0 Å². The first kappa shape index (κ1) is 5.01. The van der Waals surface area contributed by atoms with Gasteiger partial charge in [0.25, 0.3) is 0 Å². The van der Waals surface area contributed by atoms with E-state index in [1.165, 1.54) is 0 Å². The maximum atomic E-state index is 9.28. The van der Waals surface area contributed by atoms with Gasteiger partial charge in [-0.3, -0.25) is 9.79 Å². The van der Waals surface area contributed by atoms with E-state index in [9.17, 15) is 4.79 Å². The van der Waals surface area contributed by atoms with Crippen LogP contribution in [0.5, 0.6) is 0 Å². The summed E-state index contributed by atoms with van der Waals surface area (Å²) in [6.45, 7) is 3.04. The second kappa shape index (κ2) is 4.01. The molecule has 0 bridgehead atoms. The van der Waals surface area contributed by atoms with Gasteiger partial charge in [0.15, 0.2) is 0 Å². The zero-order valence-corrected chi connectivity index (χ0v) is 3.16. The van der Waals surface area contributed by atoms with Crippen LogP contribution in [-0.2, 0) is 4.79 Å². The molecule has 6 heavy (non-hydrogen) atoms. The van der Waals surface area contributed by atoms with E-state index < -0.39 is 0 Å². The molecule has 0 fully saturated rings. The van der Waals surface area contributed by atoms with Crippen LogP contribution in [0.15, 0.2) is 9.98 Å². The molecule has 0 saturated heterocycles. The molecule has 1 amide bonds. The third kappa shape index (κ3) is 3.01. The average Bonchev–Trinajstić information content (AvgIpc) is 1.61. The minimum Gasteiger partial charge on any atom is -0.276 e. The zero-order valence-electron chi connectivity index (χ0n) is 3.16. The van der Waals surface area contributed by atoms with E-state index in [-0.39, 0.29) is 0 Å². The highest BCUT2D eigenvalue weighted by atomic mass is 16.1. The number of amides is 1. The van der Waals surface area contributed by atoms with Gasteiger partial charge in [-0.15, -0.1) is 0 Å². The summed E-state index contributed by atoms with van der Waals surface area (Å²) in [6.07, 6.45) is 1.47. The van der Waals surface area contributed by atoms with Crippen LogP contribution in [0.4, 0.5) is 0 Å². The molecule has 0 rings (SSSR count). The number of hydrogen-bond acceptors (Lipinski definition) is 1. The summed E-state index contributed by atoms with van der Waals surface area (Å²) in [7, 11) is 0. The largest absolute Gasteiger partial charge is 0.276 e. The quantitative estimate of drug-likeness (QED) is 0.261. The van der Waals surface area contributed by atoms with Gasteiger partial charge in [0.05, 0.1) is 0 Å². The second-order valence-corrected chi connectivity index (χ2v) is 0.553. The van der Waals surface area contributed by atoms with E-state index in [0.29, 0.717) is 6.41 Å². The van der Waals surface area contributed by atoms with Crippen molar-refractivity contribution in [2.75, 3.05) is 0 Å². The summed E-state index contributed by atoms with van der Waals surface area (Å²) in [5, 5.41) is 0. The Morgan fingerprint density at radius 2 is 2.33 bits per heavy atom. The molecule has 0 saturated carbocycles. The van der Waals surface area contributed by atoms with Gasteiger partial charge in [-0.2, -0.15) is 0 Å². The summed E-state index contributed by atoms with van der Waals surface area (Å²) >= 11 is 0. The van der Waals surface area contributed by atoms with Gasteiger partial charge in [0.1, 0.15) is 6.34 Å². The van der Waals surface area contributed by atoms with Crippen LogP contribution >= 0.6 is 0 Å². The SMILES string of the molecule is C=NC=NC=O. The van der Waals surface area contributed by atoms with Gasteiger partial charge in [-0.05, 0) is 6.72 Å². The molecule has 0 aliphatic rings. The fourth-order valence-electron chi connectivity index (χ4n) is 0.0744. The number of carbonyl (C=O) groups excluding carboxylic acids is 1. The molecule has 0 heterocycles. The maximum Gasteiger partial charge on any atom is 0.234 e. The highest BCUT2D eigenvalue weighted by molar-refractivity contribution is 5.71. The monoisotopic (exact) mass is 84.0 g/mol. The molecule has 0 radical (unpaired) electrons. The number of nitrogens with zero attached hydrogens (tertiary/aromatic N) is 2. The molecular weight excluding hydrogens is 80.0 g/mol. The number of carbonyl (C=O) groups is 1. The van der Waals surface area contributed by atoms with Crippen molar-refractivity contribution in [1.29, 1.82) is 0 Å². The summed E-state index contributed by atoms with van der Waals surface area (Å²) in [4.78, 5) is 15.5. The van der Waals surface area contributed by atoms with Gasteiger partial charge in [-0.1, -0.05) is 0 Å². The van der Waals surface area contributed by atoms with Crippen LogP contribution in [-0.4, -0.2) is 19.5 Å². The molecular formula is C3H4N2O. The minimum atomic E-state index is 0.397. The topological polar surface area (TPSA) is 41.8 Å². The predicted octanol–water partition coefficient (Wildman–Crippen LogP) is -0.128. The summed E-state index contributed by atoms with van der Waals surface area (Å²) in [6, 6.07) is 0. The molecule has 0 atom stereocenters. The normalized spacial score (nSPS) is 8.67. The van der Waals surface area contributed by atoms with Crippen LogP contribution in [0, 0.1) is 0 Å². The molecule has 0 aliphatic carbocycles. The lowest BCUT2D eigenvalue weighted by molar-refractivity contribution is -0.106. The lowest BCUT2D eigenvalue weighted by atomic mass is 11.2. The Balaban J connectivity index is 3.17. The van der Waals surface area contributed by atoms with E-state index in [4.69, 9.17) is 0 Å². The molecule has 3 nitrogen and oxygen atoms in total. The van der Waals surface area contributed by atoms with Crippen LogP contribution in [0.25, 0.3) is 0 Å². The Labute approximate surface area is 35.4 Å². The van der Waals surface area contributed by atoms with E-state index in [1.54, 1.807) is 0 Å². The summed E-state index contributed by atoms with van der Waals surface area (Å²) < 4.78 is 0. The predicted molar refractivity (Wildman–Crippen MR) is 24.1 cm³/mol. The molecule has 0 aromatic rings. The van der Waals surface area contributed by atoms with Crippen molar-refractivity contribution in [2.24, 2.45) is 9.98 Å². The lowest BCUT2D eigenvalue weighted by Crippen LogP contribution is -1.61. The van der Waals surface area contributed by atoms with Crippen molar-refractivity contribution in [1.82, 2.24) is 0 Å². The van der Waals surface area contributed by atoms with Crippen molar-refractivity contribution in [3.05, 3.63) is 0 Å². The first-order valence-electron chi connectivity index (χ1n) is 1.33. The van der Waals surface area contributed by atoms with Gasteiger partial charge in [-0.25, -0.2) is 4.99 Å². The van der Waals surface area contributed by atoms with Gasteiger partial charge in [0.2, 0.25) is 6.41 Å². The third-order valence-electron chi connectivity index (χ3n) is 0.209. The Kier molecular flexibility index (Phi) is 3.35. The summed E-state index contributed by atoms with van der Waals surface area (Å²) in [5.41, 5.74) is 0. The van der Waals surface area contributed by atoms with Gasteiger partial charge >= 0.3 is 0 Å². The number of aliphatic imine (C=N–C) groups is 2. The first-order chi connectivity index (χ1) is 2.91. The maximum absolute atomic E-state index is 9.28. The lowest BCUT2D eigenvalue weighted by Gasteiger charge is -1.59. The van der Waals surface area contributed by atoms with E-state index in [2.05, 4.69) is 16.7 Å². The highest BCUT2D eigenvalue weighted by Crippen LogP contribution is 1.50. The zero-order chi connectivity index (χ0) is 4.83. The van der Waals surface area contributed by atoms with Crippen LogP contribution in [0.3, 0.4) is 0 Å². The Morgan fingerprint density at radius 3 is 2.50 bits per heavy atom. The molecule has 0 aliphatic heterocycles. The molecule has 0 aromatic heterocycles. The Morgan fingerprint density at radius 1 is 1.67 bits per heavy atom. The van der Waals surface area contributed by atoms with Crippen LogP contribution < -0.4 is 0 Å². The average molecular weight is 84.1 g/mol. The van der Waals surface area contributed by atoms with Crippen molar-refractivity contribution >= 4 is 19.5 Å².